The molecular weight excluding hydrogens is 357 g/mol. The summed E-state index contributed by atoms with van der Waals surface area (Å²) in [5, 5.41) is 3.88. The summed E-state index contributed by atoms with van der Waals surface area (Å²) < 4.78 is 43.6. The molecule has 0 spiro atoms. The van der Waals surface area contributed by atoms with Crippen LogP contribution in [0.25, 0.3) is 0 Å². The van der Waals surface area contributed by atoms with E-state index in [-0.39, 0.29) is 6.42 Å². The van der Waals surface area contributed by atoms with Crippen LogP contribution < -0.4 is 0 Å². The molecule has 0 saturated heterocycles. The first-order valence-corrected chi connectivity index (χ1v) is 8.37. The van der Waals surface area contributed by atoms with Crippen molar-refractivity contribution < 1.29 is 17.7 Å². The normalized spacial score (nSPS) is 11.9. The highest BCUT2D eigenvalue weighted by Gasteiger charge is 2.30. The molecule has 2 aromatic heterocycles. The molecule has 27 heavy (non-hydrogen) atoms. The van der Waals surface area contributed by atoms with Crippen LogP contribution in [-0.2, 0) is 25.7 Å². The molecule has 0 atom stereocenters. The SMILES string of the molecule is Cc1cnccc1CN(C)Cc1nc(Cc2cccc(C(F)(F)F)c2)no1. The van der Waals surface area contributed by atoms with E-state index in [1.54, 1.807) is 12.3 Å². The van der Waals surface area contributed by atoms with Crippen molar-refractivity contribution in [3.63, 3.8) is 0 Å². The van der Waals surface area contributed by atoms with Crippen LogP contribution in [0.2, 0.25) is 0 Å². The molecule has 0 N–H and O–H groups in total. The predicted molar refractivity (Wildman–Crippen MR) is 92.7 cm³/mol. The molecule has 1 aromatic carbocycles. The molecule has 3 rings (SSSR count). The van der Waals surface area contributed by atoms with Crippen molar-refractivity contribution in [2.24, 2.45) is 0 Å². The zero-order valence-corrected chi connectivity index (χ0v) is 15.0. The van der Waals surface area contributed by atoms with Gasteiger partial charge in [0.15, 0.2) is 5.82 Å². The lowest BCUT2D eigenvalue weighted by molar-refractivity contribution is -0.137. The second-order valence-corrected chi connectivity index (χ2v) is 6.45. The first kappa shape index (κ1) is 19.0. The van der Waals surface area contributed by atoms with Crippen LogP contribution in [0.15, 0.2) is 47.2 Å². The molecule has 0 aliphatic carbocycles. The number of aryl methyl sites for hydroxylation is 1. The van der Waals surface area contributed by atoms with Gasteiger partial charge >= 0.3 is 6.18 Å². The highest BCUT2D eigenvalue weighted by molar-refractivity contribution is 5.27. The zero-order chi connectivity index (χ0) is 19.4. The number of rotatable bonds is 6. The highest BCUT2D eigenvalue weighted by Crippen LogP contribution is 2.29. The van der Waals surface area contributed by atoms with Crippen molar-refractivity contribution in [1.82, 2.24) is 20.0 Å². The summed E-state index contributed by atoms with van der Waals surface area (Å²) in [6, 6.07) is 7.10. The lowest BCUT2D eigenvalue weighted by atomic mass is 10.1. The van der Waals surface area contributed by atoms with Gasteiger partial charge in [0.05, 0.1) is 12.1 Å². The first-order chi connectivity index (χ1) is 12.8. The number of alkyl halides is 3. The molecule has 0 aliphatic rings. The van der Waals surface area contributed by atoms with Crippen LogP contribution in [0, 0.1) is 6.92 Å². The minimum Gasteiger partial charge on any atom is -0.338 e. The molecule has 3 aromatic rings. The van der Waals surface area contributed by atoms with Crippen molar-refractivity contribution in [1.29, 1.82) is 0 Å². The summed E-state index contributed by atoms with van der Waals surface area (Å²) in [6.07, 6.45) is -0.633. The van der Waals surface area contributed by atoms with E-state index in [1.165, 1.54) is 6.07 Å². The zero-order valence-electron chi connectivity index (χ0n) is 15.0. The Hall–Kier alpha value is -2.74. The van der Waals surface area contributed by atoms with Crippen LogP contribution >= 0.6 is 0 Å². The molecule has 2 heterocycles. The minimum atomic E-state index is -4.37. The van der Waals surface area contributed by atoms with Crippen LogP contribution in [0.5, 0.6) is 0 Å². The van der Waals surface area contributed by atoms with Gasteiger partial charge in [-0.05, 0) is 42.8 Å². The Balaban J connectivity index is 1.62. The highest BCUT2D eigenvalue weighted by atomic mass is 19.4. The Bertz CT molecular complexity index is 908. The van der Waals surface area contributed by atoms with Gasteiger partial charge in [0.2, 0.25) is 5.89 Å². The lowest BCUT2D eigenvalue weighted by Crippen LogP contribution is -2.18. The molecule has 0 unspecified atom stereocenters. The fourth-order valence-electron chi connectivity index (χ4n) is 2.72. The van der Waals surface area contributed by atoms with Crippen LogP contribution in [0.4, 0.5) is 13.2 Å². The third kappa shape index (κ3) is 5.13. The van der Waals surface area contributed by atoms with Crippen LogP contribution in [0.1, 0.15) is 34.0 Å². The van der Waals surface area contributed by atoms with Crippen molar-refractivity contribution in [2.45, 2.75) is 32.6 Å². The maximum Gasteiger partial charge on any atom is 0.416 e. The van der Waals surface area contributed by atoms with Crippen LogP contribution in [0.3, 0.4) is 0 Å². The second kappa shape index (κ2) is 7.87. The summed E-state index contributed by atoms with van der Waals surface area (Å²) in [5.41, 5.74) is 2.05. The van der Waals surface area contributed by atoms with Gasteiger partial charge in [0, 0.05) is 25.4 Å². The number of nitrogens with zero attached hydrogens (tertiary/aromatic N) is 4. The quantitative estimate of drug-likeness (QED) is 0.651. The summed E-state index contributed by atoms with van der Waals surface area (Å²) in [6.45, 7) is 3.13. The number of pyridine rings is 1. The van der Waals surface area contributed by atoms with Gasteiger partial charge in [-0.25, -0.2) is 0 Å². The first-order valence-electron chi connectivity index (χ1n) is 8.37. The van der Waals surface area contributed by atoms with E-state index >= 15 is 0 Å². The molecule has 0 bridgehead atoms. The summed E-state index contributed by atoms with van der Waals surface area (Å²) in [5.74, 6) is 0.781. The van der Waals surface area contributed by atoms with Gasteiger partial charge in [0.25, 0.3) is 0 Å². The van der Waals surface area contributed by atoms with E-state index in [9.17, 15) is 13.2 Å². The smallest absolute Gasteiger partial charge is 0.338 e. The summed E-state index contributed by atoms with van der Waals surface area (Å²) in [7, 11) is 1.93. The Labute approximate surface area is 154 Å². The van der Waals surface area contributed by atoms with E-state index in [2.05, 4.69) is 15.1 Å². The van der Waals surface area contributed by atoms with Gasteiger partial charge in [-0.2, -0.15) is 18.2 Å². The summed E-state index contributed by atoms with van der Waals surface area (Å²) in [4.78, 5) is 10.4. The maximum absolute atomic E-state index is 12.8. The maximum atomic E-state index is 12.8. The Morgan fingerprint density at radius 3 is 2.70 bits per heavy atom. The van der Waals surface area contributed by atoms with Crippen molar-refractivity contribution >= 4 is 0 Å². The van der Waals surface area contributed by atoms with E-state index < -0.39 is 11.7 Å². The van der Waals surface area contributed by atoms with Crippen molar-refractivity contribution in [3.8, 4) is 0 Å². The standard InChI is InChI=1S/C19H19F3N4O/c1-13-10-23-7-6-15(13)11-26(2)12-18-24-17(25-27-18)9-14-4-3-5-16(8-14)19(20,21)22/h3-8,10H,9,11-12H2,1-2H3. The van der Waals surface area contributed by atoms with Crippen LogP contribution in [-0.4, -0.2) is 27.1 Å². The molecule has 8 heteroatoms. The Morgan fingerprint density at radius 1 is 1.15 bits per heavy atom. The average Bonchev–Trinajstić information content (AvgIpc) is 3.03. The molecule has 0 amide bonds. The largest absolute Gasteiger partial charge is 0.416 e. The fraction of sp³-hybridized carbons (Fsp3) is 0.316. The third-order valence-electron chi connectivity index (χ3n) is 4.11. The molecule has 0 fully saturated rings. The number of hydrogen-bond donors (Lipinski definition) is 0. The molecule has 5 nitrogen and oxygen atoms in total. The lowest BCUT2D eigenvalue weighted by Gasteiger charge is -2.15. The molecule has 0 saturated carbocycles. The van der Waals surface area contributed by atoms with Gasteiger partial charge in [-0.3, -0.25) is 9.88 Å². The van der Waals surface area contributed by atoms with Gasteiger partial charge in [0.1, 0.15) is 0 Å². The average molecular weight is 376 g/mol. The second-order valence-electron chi connectivity index (χ2n) is 6.45. The Morgan fingerprint density at radius 2 is 1.96 bits per heavy atom. The molecular formula is C19H19F3N4O. The number of aromatic nitrogens is 3. The van der Waals surface area contributed by atoms with Gasteiger partial charge in [-0.15, -0.1) is 0 Å². The fourth-order valence-corrected chi connectivity index (χ4v) is 2.72. The van der Waals surface area contributed by atoms with Crippen molar-refractivity contribution in [2.75, 3.05) is 7.05 Å². The van der Waals surface area contributed by atoms with E-state index in [4.69, 9.17) is 4.52 Å². The monoisotopic (exact) mass is 376 g/mol. The van der Waals surface area contributed by atoms with E-state index in [1.807, 2.05) is 31.1 Å². The van der Waals surface area contributed by atoms with E-state index in [0.717, 1.165) is 23.3 Å². The van der Waals surface area contributed by atoms with Crippen molar-refractivity contribution in [3.05, 3.63) is 76.7 Å². The molecule has 0 radical (unpaired) electrons. The predicted octanol–water partition coefficient (Wildman–Crippen LogP) is 4.01. The molecule has 0 aliphatic heterocycles. The molecule has 142 valence electrons. The van der Waals surface area contributed by atoms with Gasteiger partial charge in [-0.1, -0.05) is 23.4 Å². The minimum absolute atomic E-state index is 0.181. The number of hydrogen-bond acceptors (Lipinski definition) is 5. The topological polar surface area (TPSA) is 55.1 Å². The summed E-state index contributed by atoms with van der Waals surface area (Å²) >= 11 is 0. The Kier molecular flexibility index (Phi) is 5.55. The van der Waals surface area contributed by atoms with E-state index in [0.29, 0.717) is 30.4 Å². The third-order valence-corrected chi connectivity index (χ3v) is 4.11. The number of halogens is 3. The number of benzene rings is 1. The van der Waals surface area contributed by atoms with Gasteiger partial charge < -0.3 is 4.52 Å².